The molecule has 0 aromatic carbocycles. The molecule has 0 saturated heterocycles. The molecule has 0 aliphatic heterocycles. The zero-order valence-corrected chi connectivity index (χ0v) is 9.74. The summed E-state index contributed by atoms with van der Waals surface area (Å²) in [5.74, 6) is 1.53. The first-order valence-corrected chi connectivity index (χ1v) is 6.15. The van der Waals surface area contributed by atoms with E-state index >= 15 is 0 Å². The third-order valence-electron chi connectivity index (χ3n) is 2.64. The zero-order chi connectivity index (χ0) is 9.97. The Morgan fingerprint density at radius 2 is 2.43 bits per heavy atom. The Kier molecular flexibility index (Phi) is 3.23. The number of aryl methyl sites for hydroxylation is 1. The highest BCUT2D eigenvalue weighted by Gasteiger charge is 2.25. The average molecular weight is 232 g/mol. The molecule has 0 bridgehead atoms. The summed E-state index contributed by atoms with van der Waals surface area (Å²) in [7, 11) is 0. The monoisotopic (exact) mass is 231 g/mol. The Morgan fingerprint density at radius 1 is 1.64 bits per heavy atom. The first-order valence-electron chi connectivity index (χ1n) is 4.94. The van der Waals surface area contributed by atoms with Crippen molar-refractivity contribution in [2.75, 3.05) is 11.9 Å². The van der Waals surface area contributed by atoms with Crippen LogP contribution in [-0.2, 0) is 0 Å². The van der Waals surface area contributed by atoms with Crippen LogP contribution in [0.4, 0.5) is 5.13 Å². The molecule has 2 rings (SSSR count). The molecule has 5 heteroatoms. The maximum atomic E-state index is 6.23. The first kappa shape index (κ1) is 10.2. The normalized spacial score (nSPS) is 19.0. The minimum atomic E-state index is 0.243. The Labute approximate surface area is 93.1 Å². The lowest BCUT2D eigenvalue weighted by Gasteiger charge is -2.29. The maximum Gasteiger partial charge on any atom is 0.202 e. The van der Waals surface area contributed by atoms with E-state index in [4.69, 9.17) is 11.6 Å². The van der Waals surface area contributed by atoms with Gasteiger partial charge in [-0.3, -0.25) is 0 Å². The van der Waals surface area contributed by atoms with E-state index in [9.17, 15) is 0 Å². The van der Waals surface area contributed by atoms with E-state index in [1.807, 2.05) is 6.92 Å². The summed E-state index contributed by atoms with van der Waals surface area (Å²) >= 11 is 7.63. The quantitative estimate of drug-likeness (QED) is 0.810. The summed E-state index contributed by atoms with van der Waals surface area (Å²) in [4.78, 5) is 4.22. The van der Waals surface area contributed by atoms with Gasteiger partial charge in [-0.25, -0.2) is 4.98 Å². The summed E-state index contributed by atoms with van der Waals surface area (Å²) in [6.45, 7) is 2.70. The molecule has 1 N–H and O–H groups in total. The summed E-state index contributed by atoms with van der Waals surface area (Å²) in [6, 6.07) is 0. The highest BCUT2D eigenvalue weighted by Crippen LogP contribution is 2.32. The third-order valence-corrected chi connectivity index (χ3v) is 3.91. The van der Waals surface area contributed by atoms with Crippen LogP contribution in [0.1, 0.15) is 25.1 Å². The van der Waals surface area contributed by atoms with Crippen molar-refractivity contribution in [2.24, 2.45) is 5.92 Å². The number of nitrogens with zero attached hydrogens (tertiary/aromatic N) is 2. The lowest BCUT2D eigenvalue weighted by atomic mass is 9.83. The lowest BCUT2D eigenvalue weighted by molar-refractivity contribution is 0.308. The fourth-order valence-electron chi connectivity index (χ4n) is 1.52. The van der Waals surface area contributed by atoms with Crippen LogP contribution in [0.15, 0.2) is 0 Å². The third kappa shape index (κ3) is 2.36. The van der Waals surface area contributed by atoms with Gasteiger partial charge in [-0.15, -0.1) is 11.6 Å². The van der Waals surface area contributed by atoms with E-state index in [1.165, 1.54) is 30.8 Å². The molecular weight excluding hydrogens is 218 g/mol. The van der Waals surface area contributed by atoms with Crippen LogP contribution in [0, 0.1) is 12.8 Å². The van der Waals surface area contributed by atoms with Gasteiger partial charge in [0.2, 0.25) is 5.13 Å². The molecule has 1 heterocycles. The Balaban J connectivity index is 1.76. The van der Waals surface area contributed by atoms with Gasteiger partial charge in [-0.05, 0) is 25.7 Å². The molecule has 1 aliphatic rings. The molecule has 14 heavy (non-hydrogen) atoms. The highest BCUT2D eigenvalue weighted by molar-refractivity contribution is 7.09. The molecule has 1 saturated carbocycles. The summed E-state index contributed by atoms with van der Waals surface area (Å²) in [5.41, 5.74) is 0. The van der Waals surface area contributed by atoms with Crippen molar-refractivity contribution in [2.45, 2.75) is 31.6 Å². The number of aromatic nitrogens is 2. The smallest absolute Gasteiger partial charge is 0.202 e. The number of hydrogen-bond donors (Lipinski definition) is 1. The van der Waals surface area contributed by atoms with E-state index in [-0.39, 0.29) is 5.38 Å². The number of hydrogen-bond acceptors (Lipinski definition) is 4. The number of rotatable bonds is 4. The van der Waals surface area contributed by atoms with Gasteiger partial charge in [-0.1, -0.05) is 6.42 Å². The molecular formula is C9H14ClN3S. The summed E-state index contributed by atoms with van der Waals surface area (Å²) in [6.07, 6.45) is 3.90. The SMILES string of the molecule is Cc1nsc(NCC(Cl)C2CCC2)n1. The van der Waals surface area contributed by atoms with Crippen LogP contribution in [0.2, 0.25) is 0 Å². The van der Waals surface area contributed by atoms with Crippen molar-refractivity contribution in [1.29, 1.82) is 0 Å². The van der Waals surface area contributed by atoms with Crippen LogP contribution >= 0.6 is 23.1 Å². The van der Waals surface area contributed by atoms with Crippen LogP contribution in [0.5, 0.6) is 0 Å². The van der Waals surface area contributed by atoms with Crippen LogP contribution in [-0.4, -0.2) is 21.3 Å². The van der Waals surface area contributed by atoms with Crippen LogP contribution in [0.25, 0.3) is 0 Å². The van der Waals surface area contributed by atoms with Crippen LogP contribution in [0.3, 0.4) is 0 Å². The fourth-order valence-corrected chi connectivity index (χ4v) is 2.43. The number of alkyl halides is 1. The van der Waals surface area contributed by atoms with Crippen molar-refractivity contribution < 1.29 is 0 Å². The molecule has 3 nitrogen and oxygen atoms in total. The van der Waals surface area contributed by atoms with Gasteiger partial charge >= 0.3 is 0 Å². The van der Waals surface area contributed by atoms with E-state index < -0.39 is 0 Å². The standard InChI is InChI=1S/C9H14ClN3S/c1-6-12-9(14-13-6)11-5-8(10)7-3-2-4-7/h7-8H,2-5H2,1H3,(H,11,12,13). The number of nitrogens with one attached hydrogen (secondary N) is 1. The van der Waals surface area contributed by atoms with Crippen molar-refractivity contribution in [3.8, 4) is 0 Å². The number of halogens is 1. The molecule has 0 spiro atoms. The topological polar surface area (TPSA) is 37.8 Å². The molecule has 1 aromatic rings. The molecule has 1 unspecified atom stereocenters. The predicted octanol–water partition coefficient (Wildman–Crippen LogP) is 2.67. The average Bonchev–Trinajstić information content (AvgIpc) is 2.45. The van der Waals surface area contributed by atoms with E-state index in [1.54, 1.807) is 0 Å². The van der Waals surface area contributed by atoms with E-state index in [0.29, 0.717) is 5.92 Å². The molecule has 1 aromatic heterocycles. The molecule has 1 atom stereocenters. The molecule has 0 radical (unpaired) electrons. The van der Waals surface area contributed by atoms with Gasteiger partial charge in [0.1, 0.15) is 5.82 Å². The van der Waals surface area contributed by atoms with Crippen molar-refractivity contribution in [1.82, 2.24) is 9.36 Å². The van der Waals surface area contributed by atoms with Crippen LogP contribution < -0.4 is 5.32 Å². The second-order valence-corrected chi connectivity index (χ2v) is 5.05. The minimum absolute atomic E-state index is 0.243. The van der Waals surface area contributed by atoms with Gasteiger partial charge in [0.25, 0.3) is 0 Å². The molecule has 78 valence electrons. The lowest BCUT2D eigenvalue weighted by Crippen LogP contribution is -2.28. The zero-order valence-electron chi connectivity index (χ0n) is 8.16. The predicted molar refractivity (Wildman–Crippen MR) is 60.1 cm³/mol. The summed E-state index contributed by atoms with van der Waals surface area (Å²) in [5, 5.41) is 4.35. The van der Waals surface area contributed by atoms with Gasteiger partial charge in [0.15, 0.2) is 0 Å². The van der Waals surface area contributed by atoms with Crippen molar-refractivity contribution >= 4 is 28.3 Å². The van der Waals surface area contributed by atoms with Crippen molar-refractivity contribution in [3.63, 3.8) is 0 Å². The maximum absolute atomic E-state index is 6.23. The molecule has 0 amide bonds. The fraction of sp³-hybridized carbons (Fsp3) is 0.778. The Hall–Kier alpha value is -0.350. The van der Waals surface area contributed by atoms with E-state index in [0.717, 1.165) is 17.5 Å². The van der Waals surface area contributed by atoms with Crippen molar-refractivity contribution in [3.05, 3.63) is 5.82 Å². The van der Waals surface area contributed by atoms with Gasteiger partial charge < -0.3 is 5.32 Å². The number of anilines is 1. The second-order valence-electron chi connectivity index (χ2n) is 3.73. The van der Waals surface area contributed by atoms with Gasteiger partial charge in [0.05, 0.1) is 5.38 Å². The molecule has 1 fully saturated rings. The first-order chi connectivity index (χ1) is 6.75. The highest BCUT2D eigenvalue weighted by atomic mass is 35.5. The molecule has 1 aliphatic carbocycles. The second kappa shape index (κ2) is 4.45. The largest absolute Gasteiger partial charge is 0.359 e. The summed E-state index contributed by atoms with van der Waals surface area (Å²) < 4.78 is 4.10. The van der Waals surface area contributed by atoms with E-state index in [2.05, 4.69) is 14.7 Å². The minimum Gasteiger partial charge on any atom is -0.359 e. The van der Waals surface area contributed by atoms with Gasteiger partial charge in [0, 0.05) is 18.1 Å². The Bertz CT molecular complexity index is 298. The Morgan fingerprint density at radius 3 is 2.93 bits per heavy atom. The van der Waals surface area contributed by atoms with Gasteiger partial charge in [-0.2, -0.15) is 4.37 Å².